The standard InChI is InChI=1S/C21H26ClNO3S2/c1-3-16-4-7-19(8-5-16)28(24,25)23(18-10-12-26-13-11-18)15-17-6-9-20(22)21(14-17)27-2/h4-9,14,18H,3,10-13,15H2,1-2H3. The summed E-state index contributed by atoms with van der Waals surface area (Å²) in [6, 6.07) is 12.9. The lowest BCUT2D eigenvalue weighted by molar-refractivity contribution is 0.0569. The third kappa shape index (κ3) is 4.92. The molecule has 0 aliphatic carbocycles. The number of hydrogen-bond donors (Lipinski definition) is 0. The normalized spacial score (nSPS) is 15.9. The van der Waals surface area contributed by atoms with E-state index < -0.39 is 10.0 Å². The highest BCUT2D eigenvalue weighted by molar-refractivity contribution is 7.98. The van der Waals surface area contributed by atoms with E-state index in [2.05, 4.69) is 6.92 Å². The molecule has 0 bridgehead atoms. The molecule has 7 heteroatoms. The number of halogens is 1. The second-order valence-electron chi connectivity index (χ2n) is 6.86. The number of benzene rings is 2. The van der Waals surface area contributed by atoms with Crippen LogP contribution >= 0.6 is 23.4 Å². The van der Waals surface area contributed by atoms with Crippen LogP contribution in [0.5, 0.6) is 0 Å². The van der Waals surface area contributed by atoms with Crippen molar-refractivity contribution in [2.24, 2.45) is 0 Å². The van der Waals surface area contributed by atoms with E-state index in [1.54, 1.807) is 28.2 Å². The molecular formula is C21H26ClNO3S2. The molecule has 0 aromatic heterocycles. The van der Waals surface area contributed by atoms with Gasteiger partial charge in [-0.1, -0.05) is 36.7 Å². The van der Waals surface area contributed by atoms with E-state index >= 15 is 0 Å². The first-order valence-corrected chi connectivity index (χ1v) is 12.5. The molecule has 4 nitrogen and oxygen atoms in total. The first kappa shape index (κ1) is 21.7. The SMILES string of the molecule is CCc1ccc(S(=O)(=O)N(Cc2ccc(Cl)c(SC)c2)C2CCOCC2)cc1. The van der Waals surface area contributed by atoms with Crippen molar-refractivity contribution in [3.8, 4) is 0 Å². The van der Waals surface area contributed by atoms with Gasteiger partial charge in [-0.3, -0.25) is 0 Å². The first-order chi connectivity index (χ1) is 13.5. The molecule has 2 aromatic carbocycles. The minimum absolute atomic E-state index is 0.0713. The van der Waals surface area contributed by atoms with Crippen molar-refractivity contribution >= 4 is 33.4 Å². The largest absolute Gasteiger partial charge is 0.381 e. The summed E-state index contributed by atoms with van der Waals surface area (Å²) < 4.78 is 34.1. The van der Waals surface area contributed by atoms with E-state index in [1.165, 1.54) is 0 Å². The van der Waals surface area contributed by atoms with Gasteiger partial charge >= 0.3 is 0 Å². The molecule has 152 valence electrons. The Morgan fingerprint density at radius 2 is 1.75 bits per heavy atom. The number of nitrogens with zero attached hydrogens (tertiary/aromatic N) is 1. The van der Waals surface area contributed by atoms with Gasteiger partial charge in [-0.2, -0.15) is 4.31 Å². The molecule has 0 atom stereocenters. The molecule has 0 unspecified atom stereocenters. The van der Waals surface area contributed by atoms with Crippen molar-refractivity contribution in [3.63, 3.8) is 0 Å². The number of thioether (sulfide) groups is 1. The monoisotopic (exact) mass is 439 g/mol. The third-order valence-corrected chi connectivity index (χ3v) is 8.22. The van der Waals surface area contributed by atoms with Crippen LogP contribution in [0, 0.1) is 0 Å². The number of aryl methyl sites for hydroxylation is 1. The average Bonchev–Trinajstić information content (AvgIpc) is 2.73. The van der Waals surface area contributed by atoms with Crippen molar-refractivity contribution in [2.45, 2.75) is 48.6 Å². The van der Waals surface area contributed by atoms with Gasteiger partial charge in [0.25, 0.3) is 0 Å². The van der Waals surface area contributed by atoms with Gasteiger partial charge in [-0.05, 0) is 60.9 Å². The van der Waals surface area contributed by atoms with Crippen LogP contribution in [-0.2, 0) is 27.7 Å². The average molecular weight is 440 g/mol. The number of sulfonamides is 1. The molecule has 1 saturated heterocycles. The number of rotatable bonds is 7. The molecule has 0 spiro atoms. The van der Waals surface area contributed by atoms with Crippen molar-refractivity contribution < 1.29 is 13.2 Å². The maximum atomic E-state index is 13.5. The Bertz CT molecular complexity index is 894. The van der Waals surface area contributed by atoms with E-state index in [-0.39, 0.29) is 6.04 Å². The predicted molar refractivity (Wildman–Crippen MR) is 116 cm³/mol. The van der Waals surface area contributed by atoms with Gasteiger partial charge in [0, 0.05) is 30.7 Å². The molecule has 1 heterocycles. The van der Waals surface area contributed by atoms with E-state index in [0.29, 0.717) is 42.5 Å². The van der Waals surface area contributed by atoms with Gasteiger partial charge in [0.15, 0.2) is 0 Å². The van der Waals surface area contributed by atoms with Crippen molar-refractivity contribution in [3.05, 3.63) is 58.6 Å². The highest BCUT2D eigenvalue weighted by Crippen LogP contribution is 2.30. The summed E-state index contributed by atoms with van der Waals surface area (Å²) in [6.45, 7) is 3.55. The zero-order valence-electron chi connectivity index (χ0n) is 16.2. The summed E-state index contributed by atoms with van der Waals surface area (Å²) in [5.74, 6) is 0. The molecule has 28 heavy (non-hydrogen) atoms. The van der Waals surface area contributed by atoms with Gasteiger partial charge in [-0.15, -0.1) is 11.8 Å². The van der Waals surface area contributed by atoms with Gasteiger partial charge < -0.3 is 4.74 Å². The molecule has 0 amide bonds. The predicted octanol–water partition coefficient (Wildman–Crippen LogP) is 4.99. The number of hydrogen-bond acceptors (Lipinski definition) is 4. The summed E-state index contributed by atoms with van der Waals surface area (Å²) in [4.78, 5) is 1.30. The summed E-state index contributed by atoms with van der Waals surface area (Å²) in [7, 11) is -3.62. The zero-order valence-corrected chi connectivity index (χ0v) is 18.6. The quantitative estimate of drug-likeness (QED) is 0.570. The van der Waals surface area contributed by atoms with Crippen LogP contribution in [0.4, 0.5) is 0 Å². The lowest BCUT2D eigenvalue weighted by Gasteiger charge is -2.33. The van der Waals surface area contributed by atoms with Gasteiger partial charge in [-0.25, -0.2) is 8.42 Å². The van der Waals surface area contributed by atoms with Crippen LogP contribution in [-0.4, -0.2) is 38.2 Å². The fourth-order valence-corrected chi connectivity index (χ4v) is 5.95. The van der Waals surface area contributed by atoms with E-state index in [1.807, 2.05) is 36.6 Å². The Morgan fingerprint density at radius 3 is 2.36 bits per heavy atom. The van der Waals surface area contributed by atoms with Crippen LogP contribution in [0.15, 0.2) is 52.3 Å². The van der Waals surface area contributed by atoms with E-state index in [9.17, 15) is 8.42 Å². The maximum Gasteiger partial charge on any atom is 0.243 e. The van der Waals surface area contributed by atoms with Crippen LogP contribution in [0.3, 0.4) is 0 Å². The lowest BCUT2D eigenvalue weighted by Crippen LogP contribution is -2.42. The Hall–Kier alpha value is -1.05. The third-order valence-electron chi connectivity index (χ3n) is 5.09. The zero-order chi connectivity index (χ0) is 20.1. The smallest absolute Gasteiger partial charge is 0.243 e. The highest BCUT2D eigenvalue weighted by Gasteiger charge is 2.32. The van der Waals surface area contributed by atoms with Crippen LogP contribution < -0.4 is 0 Å². The molecule has 0 N–H and O–H groups in total. The Morgan fingerprint density at radius 1 is 1.11 bits per heavy atom. The summed E-state index contributed by atoms with van der Waals surface area (Å²) in [5.41, 5.74) is 2.06. The summed E-state index contributed by atoms with van der Waals surface area (Å²) in [5, 5.41) is 0.687. The van der Waals surface area contributed by atoms with Crippen molar-refractivity contribution in [1.29, 1.82) is 0 Å². The van der Waals surface area contributed by atoms with Crippen molar-refractivity contribution in [2.75, 3.05) is 19.5 Å². The van der Waals surface area contributed by atoms with Crippen LogP contribution in [0.25, 0.3) is 0 Å². The highest BCUT2D eigenvalue weighted by atomic mass is 35.5. The van der Waals surface area contributed by atoms with Gasteiger partial charge in [0.2, 0.25) is 10.0 Å². The van der Waals surface area contributed by atoms with Crippen LogP contribution in [0.2, 0.25) is 5.02 Å². The minimum Gasteiger partial charge on any atom is -0.381 e. The molecular weight excluding hydrogens is 414 g/mol. The molecule has 1 aliphatic rings. The molecule has 0 saturated carbocycles. The Kier molecular flexibility index (Phi) is 7.45. The second kappa shape index (κ2) is 9.63. The van der Waals surface area contributed by atoms with E-state index in [0.717, 1.165) is 22.4 Å². The second-order valence-corrected chi connectivity index (χ2v) is 10.0. The van der Waals surface area contributed by atoms with Gasteiger partial charge in [0.1, 0.15) is 0 Å². The fraction of sp³-hybridized carbons (Fsp3) is 0.429. The molecule has 2 aromatic rings. The van der Waals surface area contributed by atoms with Gasteiger partial charge in [0.05, 0.1) is 9.92 Å². The van der Waals surface area contributed by atoms with Crippen molar-refractivity contribution in [1.82, 2.24) is 4.31 Å². The van der Waals surface area contributed by atoms with E-state index in [4.69, 9.17) is 16.3 Å². The van der Waals surface area contributed by atoms with Crippen LogP contribution in [0.1, 0.15) is 30.9 Å². The minimum atomic E-state index is -3.62. The summed E-state index contributed by atoms with van der Waals surface area (Å²) in [6.07, 6.45) is 4.25. The molecule has 0 radical (unpaired) electrons. The first-order valence-electron chi connectivity index (χ1n) is 9.46. The number of ether oxygens (including phenoxy) is 1. The lowest BCUT2D eigenvalue weighted by atomic mass is 10.1. The molecule has 1 aliphatic heterocycles. The Labute approximate surface area is 177 Å². The molecule has 1 fully saturated rings. The topological polar surface area (TPSA) is 46.6 Å². The maximum absolute atomic E-state index is 13.5. The Balaban J connectivity index is 1.96. The molecule has 3 rings (SSSR count). The fourth-order valence-electron chi connectivity index (χ4n) is 3.40. The summed E-state index contributed by atoms with van der Waals surface area (Å²) >= 11 is 7.79.